The van der Waals surface area contributed by atoms with Crippen LogP contribution in [0.4, 0.5) is 5.82 Å². The van der Waals surface area contributed by atoms with E-state index in [1.54, 1.807) is 6.07 Å². The maximum atomic E-state index is 10.7. The van der Waals surface area contributed by atoms with Crippen molar-refractivity contribution in [3.63, 3.8) is 0 Å². The number of rotatable bonds is 1. The monoisotopic (exact) mass is 178 g/mol. The first-order chi connectivity index (χ1) is 6.20. The molecule has 0 saturated carbocycles. The molecule has 0 unspecified atom stereocenters. The van der Waals surface area contributed by atoms with E-state index < -0.39 is 5.97 Å². The fraction of sp³-hybridized carbons (Fsp3) is 0. The molecule has 0 aliphatic heterocycles. The SMILES string of the molecule is Nc1ncc(C(=O)O)n2nccc12. The molecule has 2 aromatic heterocycles. The maximum absolute atomic E-state index is 10.7. The van der Waals surface area contributed by atoms with E-state index in [4.69, 9.17) is 10.8 Å². The lowest BCUT2D eigenvalue weighted by Crippen LogP contribution is -2.08. The quantitative estimate of drug-likeness (QED) is 0.641. The highest BCUT2D eigenvalue weighted by Crippen LogP contribution is 2.11. The van der Waals surface area contributed by atoms with E-state index >= 15 is 0 Å². The van der Waals surface area contributed by atoms with Crippen molar-refractivity contribution >= 4 is 17.3 Å². The molecular weight excluding hydrogens is 172 g/mol. The van der Waals surface area contributed by atoms with Crippen LogP contribution in [0.15, 0.2) is 18.5 Å². The maximum Gasteiger partial charge on any atom is 0.356 e. The summed E-state index contributed by atoms with van der Waals surface area (Å²) in [7, 11) is 0. The number of aromatic carboxylic acids is 1. The molecule has 3 N–H and O–H groups in total. The summed E-state index contributed by atoms with van der Waals surface area (Å²) in [6, 6.07) is 1.61. The number of nitrogens with zero attached hydrogens (tertiary/aromatic N) is 3. The van der Waals surface area contributed by atoms with Crippen molar-refractivity contribution in [3.05, 3.63) is 24.2 Å². The zero-order chi connectivity index (χ0) is 9.42. The Morgan fingerprint density at radius 1 is 1.62 bits per heavy atom. The van der Waals surface area contributed by atoms with Crippen LogP contribution in [0, 0.1) is 0 Å². The second-order valence-electron chi connectivity index (χ2n) is 2.46. The number of hydrogen-bond acceptors (Lipinski definition) is 4. The zero-order valence-corrected chi connectivity index (χ0v) is 6.51. The minimum atomic E-state index is -1.08. The van der Waals surface area contributed by atoms with E-state index in [-0.39, 0.29) is 11.5 Å². The highest BCUT2D eigenvalue weighted by Gasteiger charge is 2.10. The number of carboxylic acids is 1. The molecule has 2 aromatic rings. The number of anilines is 1. The zero-order valence-electron chi connectivity index (χ0n) is 6.51. The average Bonchev–Trinajstić information content (AvgIpc) is 2.53. The molecule has 0 fully saturated rings. The first kappa shape index (κ1) is 7.53. The Kier molecular flexibility index (Phi) is 1.42. The Bertz CT molecular complexity index is 476. The van der Waals surface area contributed by atoms with Crippen molar-refractivity contribution < 1.29 is 9.90 Å². The van der Waals surface area contributed by atoms with E-state index in [2.05, 4.69) is 10.1 Å². The first-order valence-electron chi connectivity index (χ1n) is 3.51. The van der Waals surface area contributed by atoms with Crippen LogP contribution in [-0.4, -0.2) is 25.7 Å². The van der Waals surface area contributed by atoms with Crippen LogP contribution in [0.25, 0.3) is 5.52 Å². The number of hydrogen-bond donors (Lipinski definition) is 2. The predicted molar refractivity (Wildman–Crippen MR) is 44.4 cm³/mol. The average molecular weight is 178 g/mol. The number of nitrogens with two attached hydrogens (primary N) is 1. The fourth-order valence-corrected chi connectivity index (χ4v) is 1.09. The standard InChI is InChI=1S/C7H6N4O2/c8-6-4-1-2-10-11(4)5(3-9-6)7(12)13/h1-3H,(H2,8,9)(H,12,13). The Labute approximate surface area is 72.6 Å². The highest BCUT2D eigenvalue weighted by molar-refractivity contribution is 5.87. The van der Waals surface area contributed by atoms with Crippen LogP contribution in [0.3, 0.4) is 0 Å². The summed E-state index contributed by atoms with van der Waals surface area (Å²) in [5, 5.41) is 12.6. The highest BCUT2D eigenvalue weighted by atomic mass is 16.4. The van der Waals surface area contributed by atoms with Crippen molar-refractivity contribution in [3.8, 4) is 0 Å². The largest absolute Gasteiger partial charge is 0.476 e. The predicted octanol–water partition coefficient (Wildman–Crippen LogP) is 0.00970. The van der Waals surface area contributed by atoms with E-state index in [0.29, 0.717) is 5.52 Å². The summed E-state index contributed by atoms with van der Waals surface area (Å²) in [6.45, 7) is 0. The van der Waals surface area contributed by atoms with E-state index in [9.17, 15) is 4.79 Å². The molecule has 66 valence electrons. The van der Waals surface area contributed by atoms with Gasteiger partial charge in [-0.1, -0.05) is 0 Å². The van der Waals surface area contributed by atoms with Crippen LogP contribution in [0.1, 0.15) is 10.5 Å². The summed E-state index contributed by atoms with van der Waals surface area (Å²) in [5.41, 5.74) is 6.00. The van der Waals surface area contributed by atoms with Crippen LogP contribution in [0.5, 0.6) is 0 Å². The van der Waals surface area contributed by atoms with Crippen LogP contribution in [0.2, 0.25) is 0 Å². The smallest absolute Gasteiger partial charge is 0.356 e. The van der Waals surface area contributed by atoms with Gasteiger partial charge in [-0.15, -0.1) is 0 Å². The van der Waals surface area contributed by atoms with Crippen molar-refractivity contribution in [2.45, 2.75) is 0 Å². The Hall–Kier alpha value is -2.11. The third-order valence-electron chi connectivity index (χ3n) is 1.68. The molecule has 0 bridgehead atoms. The molecule has 0 aliphatic rings. The molecular formula is C7H6N4O2. The summed E-state index contributed by atoms with van der Waals surface area (Å²) in [5.74, 6) is -0.816. The number of aromatic nitrogens is 3. The van der Waals surface area contributed by atoms with E-state index in [0.717, 1.165) is 0 Å². The van der Waals surface area contributed by atoms with Gasteiger partial charge >= 0.3 is 5.97 Å². The number of carbonyl (C=O) groups is 1. The van der Waals surface area contributed by atoms with E-state index in [1.165, 1.54) is 16.9 Å². The van der Waals surface area contributed by atoms with Gasteiger partial charge in [0.05, 0.1) is 12.4 Å². The minimum Gasteiger partial charge on any atom is -0.476 e. The summed E-state index contributed by atoms with van der Waals surface area (Å²) in [6.07, 6.45) is 2.65. The van der Waals surface area contributed by atoms with Gasteiger partial charge < -0.3 is 10.8 Å². The lowest BCUT2D eigenvalue weighted by molar-refractivity contribution is 0.0687. The van der Waals surface area contributed by atoms with Gasteiger partial charge in [0.25, 0.3) is 0 Å². The topological polar surface area (TPSA) is 93.5 Å². The van der Waals surface area contributed by atoms with Gasteiger partial charge in [-0.05, 0) is 6.07 Å². The van der Waals surface area contributed by atoms with Crippen molar-refractivity contribution in [1.29, 1.82) is 0 Å². The molecule has 0 aliphatic carbocycles. The Morgan fingerprint density at radius 2 is 2.38 bits per heavy atom. The Balaban J connectivity index is 2.86. The second-order valence-corrected chi connectivity index (χ2v) is 2.46. The van der Waals surface area contributed by atoms with Crippen molar-refractivity contribution in [2.75, 3.05) is 5.73 Å². The molecule has 2 heterocycles. The lowest BCUT2D eigenvalue weighted by Gasteiger charge is -2.00. The molecule has 6 nitrogen and oxygen atoms in total. The van der Waals surface area contributed by atoms with Gasteiger partial charge in [-0.2, -0.15) is 5.10 Å². The summed E-state index contributed by atoms with van der Waals surface area (Å²) < 4.78 is 1.24. The van der Waals surface area contributed by atoms with Gasteiger partial charge in [-0.3, -0.25) is 0 Å². The van der Waals surface area contributed by atoms with Gasteiger partial charge in [0.2, 0.25) is 0 Å². The number of nitrogen functional groups attached to an aromatic ring is 1. The van der Waals surface area contributed by atoms with Gasteiger partial charge in [0, 0.05) is 0 Å². The molecule has 2 rings (SSSR count). The Morgan fingerprint density at radius 3 is 3.08 bits per heavy atom. The van der Waals surface area contributed by atoms with Crippen LogP contribution < -0.4 is 5.73 Å². The molecule has 0 aromatic carbocycles. The number of carboxylic acid groups (broad SMARTS) is 1. The fourth-order valence-electron chi connectivity index (χ4n) is 1.09. The molecule has 13 heavy (non-hydrogen) atoms. The van der Waals surface area contributed by atoms with Crippen LogP contribution >= 0.6 is 0 Å². The van der Waals surface area contributed by atoms with Crippen molar-refractivity contribution in [2.24, 2.45) is 0 Å². The molecule has 0 amide bonds. The van der Waals surface area contributed by atoms with E-state index in [1.807, 2.05) is 0 Å². The molecule has 6 heteroatoms. The normalized spacial score (nSPS) is 10.5. The third kappa shape index (κ3) is 0.994. The van der Waals surface area contributed by atoms with Gasteiger partial charge in [0.1, 0.15) is 11.3 Å². The number of fused-ring (bicyclic) bond motifs is 1. The van der Waals surface area contributed by atoms with Gasteiger partial charge in [0.15, 0.2) is 5.69 Å². The summed E-state index contributed by atoms with van der Waals surface area (Å²) >= 11 is 0. The van der Waals surface area contributed by atoms with Crippen molar-refractivity contribution in [1.82, 2.24) is 14.6 Å². The van der Waals surface area contributed by atoms with Crippen LogP contribution in [-0.2, 0) is 0 Å². The minimum absolute atomic E-state index is 0.00537. The molecule has 0 saturated heterocycles. The third-order valence-corrected chi connectivity index (χ3v) is 1.68. The molecule has 0 spiro atoms. The first-order valence-corrected chi connectivity index (χ1v) is 3.51. The lowest BCUT2D eigenvalue weighted by atomic mass is 10.4. The second kappa shape index (κ2) is 2.44. The van der Waals surface area contributed by atoms with Gasteiger partial charge in [-0.25, -0.2) is 14.3 Å². The molecule has 0 radical (unpaired) electrons. The summed E-state index contributed by atoms with van der Waals surface area (Å²) in [4.78, 5) is 14.4. The molecule has 0 atom stereocenters.